The highest BCUT2D eigenvalue weighted by Gasteiger charge is 2.40. The van der Waals surface area contributed by atoms with E-state index in [0.29, 0.717) is 23.8 Å². The van der Waals surface area contributed by atoms with Gasteiger partial charge in [-0.15, -0.1) is 0 Å². The molecule has 6 nitrogen and oxygen atoms in total. The van der Waals surface area contributed by atoms with Crippen LogP contribution in [0.2, 0.25) is 0 Å². The average Bonchev–Trinajstić information content (AvgIpc) is 3.22. The van der Waals surface area contributed by atoms with E-state index in [1.807, 2.05) is 6.07 Å². The lowest BCUT2D eigenvalue weighted by atomic mass is 9.91. The van der Waals surface area contributed by atoms with Gasteiger partial charge in [-0.25, -0.2) is 4.79 Å². The number of carbonyl (C=O) groups excluding carboxylic acids is 1. The lowest BCUT2D eigenvalue weighted by Crippen LogP contribution is -2.39. The number of hydrogen-bond donors (Lipinski definition) is 1. The number of benzene rings is 1. The van der Waals surface area contributed by atoms with E-state index in [1.54, 1.807) is 26.8 Å². The summed E-state index contributed by atoms with van der Waals surface area (Å²) >= 11 is 0. The molecule has 1 aliphatic carbocycles. The first kappa shape index (κ1) is 24.6. The van der Waals surface area contributed by atoms with Gasteiger partial charge in [0.25, 0.3) is 0 Å². The van der Waals surface area contributed by atoms with Gasteiger partial charge < -0.3 is 24.1 Å². The molecule has 0 spiro atoms. The number of carbonyl (C=O) groups is 1. The minimum atomic E-state index is -1.01. The Hall–Kier alpha value is -2.47. The molecule has 0 aromatic heterocycles. The molecule has 0 saturated heterocycles. The average molecular weight is 471 g/mol. The number of allylic oxidation sites excluding steroid dienone is 3. The van der Waals surface area contributed by atoms with Gasteiger partial charge in [0, 0.05) is 18.1 Å². The molecule has 1 fully saturated rings. The number of aliphatic hydroxyl groups is 1. The van der Waals surface area contributed by atoms with Crippen molar-refractivity contribution >= 4 is 11.5 Å². The van der Waals surface area contributed by atoms with Crippen molar-refractivity contribution < 1.29 is 28.8 Å². The van der Waals surface area contributed by atoms with Crippen molar-refractivity contribution in [3.63, 3.8) is 0 Å². The fourth-order valence-corrected chi connectivity index (χ4v) is 4.75. The molecule has 0 unspecified atom stereocenters. The summed E-state index contributed by atoms with van der Waals surface area (Å²) in [4.78, 5) is 12.6. The van der Waals surface area contributed by atoms with Crippen LogP contribution < -0.4 is 14.2 Å². The lowest BCUT2D eigenvalue weighted by Gasteiger charge is -2.28. The summed E-state index contributed by atoms with van der Waals surface area (Å²) in [6.45, 7) is 9.90. The first-order valence-corrected chi connectivity index (χ1v) is 12.7. The van der Waals surface area contributed by atoms with Crippen LogP contribution in [0.15, 0.2) is 24.0 Å². The van der Waals surface area contributed by atoms with Crippen molar-refractivity contribution in [3.8, 4) is 17.2 Å². The standard InChI is InChI=1S/C28H38O6/c1-6-31-27(29)23-14-18(13-12-17(2)3)25-22(33-23)16-21-20(15-24(34-21)28(4,5)30)26(25)32-19-10-8-7-9-11-19/h13-14,16-17,19,24,30H,6-12,15H2,1-5H3/t24-/m0/s1. The molecule has 34 heavy (non-hydrogen) atoms. The quantitative estimate of drug-likeness (QED) is 0.512. The molecule has 2 heterocycles. The maximum atomic E-state index is 12.6. The fraction of sp³-hybridized carbons (Fsp3) is 0.607. The maximum Gasteiger partial charge on any atom is 0.374 e. The van der Waals surface area contributed by atoms with Crippen LogP contribution in [-0.2, 0) is 16.0 Å². The van der Waals surface area contributed by atoms with E-state index in [1.165, 1.54) is 6.42 Å². The first-order valence-electron chi connectivity index (χ1n) is 12.7. The molecule has 2 aliphatic heterocycles. The van der Waals surface area contributed by atoms with Crippen LogP contribution in [0, 0.1) is 5.92 Å². The zero-order valence-electron chi connectivity index (χ0n) is 21.1. The Morgan fingerprint density at radius 2 is 1.97 bits per heavy atom. The second-order valence-electron chi connectivity index (χ2n) is 10.5. The largest absolute Gasteiger partial charge is 0.489 e. The van der Waals surface area contributed by atoms with Crippen LogP contribution in [0.25, 0.3) is 5.57 Å². The van der Waals surface area contributed by atoms with Gasteiger partial charge in [0.15, 0.2) is 0 Å². The van der Waals surface area contributed by atoms with Gasteiger partial charge in [0.05, 0.1) is 23.9 Å². The monoisotopic (exact) mass is 470 g/mol. The molecule has 4 rings (SSSR count). The third kappa shape index (κ3) is 5.27. The topological polar surface area (TPSA) is 74.2 Å². The van der Waals surface area contributed by atoms with Crippen LogP contribution >= 0.6 is 0 Å². The molecule has 1 aromatic rings. The summed E-state index contributed by atoms with van der Waals surface area (Å²) in [6.07, 6.45) is 10.7. The van der Waals surface area contributed by atoms with Crippen LogP contribution in [0.3, 0.4) is 0 Å². The van der Waals surface area contributed by atoms with E-state index in [0.717, 1.165) is 54.6 Å². The predicted molar refractivity (Wildman–Crippen MR) is 131 cm³/mol. The van der Waals surface area contributed by atoms with Crippen LogP contribution in [-0.4, -0.2) is 35.5 Å². The van der Waals surface area contributed by atoms with Crippen molar-refractivity contribution in [1.29, 1.82) is 0 Å². The highest BCUT2D eigenvalue weighted by molar-refractivity contribution is 5.95. The fourth-order valence-electron chi connectivity index (χ4n) is 4.75. The third-order valence-electron chi connectivity index (χ3n) is 6.67. The zero-order chi connectivity index (χ0) is 24.5. The molecule has 1 saturated carbocycles. The van der Waals surface area contributed by atoms with Crippen molar-refractivity contribution in [3.05, 3.63) is 35.1 Å². The zero-order valence-corrected chi connectivity index (χ0v) is 21.1. The molecular formula is C28H38O6. The second-order valence-corrected chi connectivity index (χ2v) is 10.5. The highest BCUT2D eigenvalue weighted by atomic mass is 16.6. The van der Waals surface area contributed by atoms with Gasteiger partial charge in [-0.05, 0) is 70.4 Å². The van der Waals surface area contributed by atoms with E-state index in [9.17, 15) is 9.90 Å². The number of rotatable bonds is 7. The van der Waals surface area contributed by atoms with Gasteiger partial charge >= 0.3 is 5.97 Å². The van der Waals surface area contributed by atoms with Crippen molar-refractivity contribution in [2.45, 2.75) is 97.4 Å². The highest BCUT2D eigenvalue weighted by Crippen LogP contribution is 2.51. The molecule has 3 aliphatic rings. The SMILES string of the molecule is CCOC(=O)C1=CC(=CCC(C)C)c2c(cc3c(c2OC2CCCCC2)C[C@@H](C(C)(C)O)O3)O1. The molecule has 1 aromatic carbocycles. The summed E-state index contributed by atoms with van der Waals surface area (Å²) in [5.74, 6) is 2.06. The third-order valence-corrected chi connectivity index (χ3v) is 6.67. The van der Waals surface area contributed by atoms with Crippen molar-refractivity contribution in [1.82, 2.24) is 0 Å². The Bertz CT molecular complexity index is 976. The molecule has 6 heteroatoms. The Morgan fingerprint density at radius 3 is 2.62 bits per heavy atom. The van der Waals surface area contributed by atoms with Gasteiger partial charge in [-0.3, -0.25) is 0 Å². The second kappa shape index (κ2) is 10.0. The minimum Gasteiger partial charge on any atom is -0.489 e. The van der Waals surface area contributed by atoms with Gasteiger partial charge in [0.2, 0.25) is 5.76 Å². The molecule has 1 N–H and O–H groups in total. The number of fused-ring (bicyclic) bond motifs is 2. The predicted octanol–water partition coefficient (Wildman–Crippen LogP) is 5.74. The minimum absolute atomic E-state index is 0.132. The molecular weight excluding hydrogens is 432 g/mol. The summed E-state index contributed by atoms with van der Waals surface area (Å²) < 4.78 is 24.2. The first-order chi connectivity index (χ1) is 16.2. The van der Waals surface area contributed by atoms with Crippen molar-refractivity contribution in [2.24, 2.45) is 5.92 Å². The van der Waals surface area contributed by atoms with E-state index >= 15 is 0 Å². The Balaban J connectivity index is 1.83. The van der Waals surface area contributed by atoms with Crippen LogP contribution in [0.1, 0.15) is 84.3 Å². The summed E-state index contributed by atoms with van der Waals surface area (Å²) in [5.41, 5.74) is 1.72. The molecule has 0 radical (unpaired) electrons. The lowest BCUT2D eigenvalue weighted by molar-refractivity contribution is -0.141. The smallest absolute Gasteiger partial charge is 0.374 e. The summed E-state index contributed by atoms with van der Waals surface area (Å²) in [5, 5.41) is 10.7. The van der Waals surface area contributed by atoms with E-state index in [-0.39, 0.29) is 24.6 Å². The molecule has 0 bridgehead atoms. The normalized spacial score (nSPS) is 21.4. The van der Waals surface area contributed by atoms with Gasteiger partial charge in [-0.1, -0.05) is 26.3 Å². The van der Waals surface area contributed by atoms with E-state index < -0.39 is 11.6 Å². The van der Waals surface area contributed by atoms with Gasteiger partial charge in [0.1, 0.15) is 23.4 Å². The summed E-state index contributed by atoms with van der Waals surface area (Å²) in [7, 11) is 0. The van der Waals surface area contributed by atoms with Crippen LogP contribution in [0.4, 0.5) is 0 Å². The van der Waals surface area contributed by atoms with Gasteiger partial charge in [-0.2, -0.15) is 0 Å². The number of ether oxygens (including phenoxy) is 4. The van der Waals surface area contributed by atoms with E-state index in [4.69, 9.17) is 18.9 Å². The molecule has 1 atom stereocenters. The molecule has 0 amide bonds. The maximum absolute atomic E-state index is 12.6. The summed E-state index contributed by atoms with van der Waals surface area (Å²) in [6, 6.07) is 1.83. The van der Waals surface area contributed by atoms with E-state index in [2.05, 4.69) is 19.9 Å². The Morgan fingerprint density at radius 1 is 1.24 bits per heavy atom. The number of esters is 1. The number of hydrogen-bond acceptors (Lipinski definition) is 6. The Labute approximate surface area is 202 Å². The van der Waals surface area contributed by atoms with Crippen LogP contribution in [0.5, 0.6) is 17.2 Å². The van der Waals surface area contributed by atoms with Crippen molar-refractivity contribution in [2.75, 3.05) is 6.61 Å². The Kier molecular flexibility index (Phi) is 7.27. The molecule has 186 valence electrons.